The van der Waals surface area contributed by atoms with Crippen LogP contribution in [0.3, 0.4) is 0 Å². The molecule has 7 nitrogen and oxygen atoms in total. The number of hydrogen-bond donors (Lipinski definition) is 3. The van der Waals surface area contributed by atoms with Crippen molar-refractivity contribution in [2.75, 3.05) is 5.73 Å². The number of halogens is 1. The van der Waals surface area contributed by atoms with Gasteiger partial charge in [0, 0.05) is 23.7 Å². The highest BCUT2D eigenvalue weighted by Crippen LogP contribution is 2.23. The van der Waals surface area contributed by atoms with E-state index < -0.39 is 11.9 Å². The molecule has 1 atom stereocenters. The second kappa shape index (κ2) is 13.0. The molecule has 4 N–H and O–H groups in total. The number of ether oxygens (including phenoxy) is 1. The number of aryl methyl sites for hydroxylation is 1. The van der Waals surface area contributed by atoms with Crippen molar-refractivity contribution in [3.8, 4) is 5.69 Å². The number of nitrogens with zero attached hydrogens (tertiary/aromatic N) is 1. The Kier molecular flexibility index (Phi) is 8.93. The van der Waals surface area contributed by atoms with Crippen molar-refractivity contribution >= 4 is 17.5 Å². The molecule has 0 amide bonds. The fourth-order valence-corrected chi connectivity index (χ4v) is 5.34. The van der Waals surface area contributed by atoms with E-state index in [0.29, 0.717) is 18.7 Å². The van der Waals surface area contributed by atoms with Gasteiger partial charge in [0.1, 0.15) is 23.8 Å². The van der Waals surface area contributed by atoms with E-state index in [4.69, 9.17) is 15.9 Å². The maximum atomic E-state index is 14.6. The maximum Gasteiger partial charge on any atom is 0.323 e. The monoisotopic (exact) mass is 566 g/mol. The first-order valence-electron chi connectivity index (χ1n) is 14.2. The highest BCUT2D eigenvalue weighted by Gasteiger charge is 2.26. The third-order valence-corrected chi connectivity index (χ3v) is 7.69. The van der Waals surface area contributed by atoms with Crippen LogP contribution in [-0.4, -0.2) is 28.4 Å². The fraction of sp³-hybridized carbons (Fsp3) is 0.265. The lowest BCUT2D eigenvalue weighted by atomic mass is 10.0. The first-order valence-corrected chi connectivity index (χ1v) is 14.2. The number of aromatic nitrogens is 1. The second-order valence-corrected chi connectivity index (χ2v) is 10.8. The molecule has 3 aromatic carbocycles. The van der Waals surface area contributed by atoms with E-state index >= 15 is 0 Å². The molecule has 4 aromatic rings. The fourth-order valence-electron chi connectivity index (χ4n) is 5.34. The predicted molar refractivity (Wildman–Crippen MR) is 163 cm³/mol. The van der Waals surface area contributed by atoms with Crippen LogP contribution in [0.15, 0.2) is 89.7 Å². The first kappa shape index (κ1) is 29.0. The Hall–Kier alpha value is -4.56. The van der Waals surface area contributed by atoms with Crippen molar-refractivity contribution in [3.05, 3.63) is 129 Å². The maximum absolute atomic E-state index is 14.6. The summed E-state index contributed by atoms with van der Waals surface area (Å²) in [5, 5.41) is 11.9. The number of carbonyl (C=O) groups excluding carboxylic acids is 1. The summed E-state index contributed by atoms with van der Waals surface area (Å²) in [5.74, 6) is -0.714. The van der Waals surface area contributed by atoms with Crippen molar-refractivity contribution < 1.29 is 13.9 Å². The molecule has 0 aliphatic heterocycles. The Balaban J connectivity index is 1.33. The number of pyridine rings is 1. The van der Waals surface area contributed by atoms with E-state index in [1.807, 2.05) is 42.5 Å². The van der Waals surface area contributed by atoms with Gasteiger partial charge in [0.15, 0.2) is 0 Å². The van der Waals surface area contributed by atoms with E-state index in [1.54, 1.807) is 25.1 Å². The van der Waals surface area contributed by atoms with Crippen LogP contribution in [-0.2, 0) is 22.5 Å². The summed E-state index contributed by atoms with van der Waals surface area (Å²) in [7, 11) is 0. The van der Waals surface area contributed by atoms with E-state index in [-0.39, 0.29) is 40.3 Å². The van der Waals surface area contributed by atoms with Gasteiger partial charge in [-0.05, 0) is 86.1 Å². The summed E-state index contributed by atoms with van der Waals surface area (Å²) in [6, 6.07) is 24.0. The Labute approximate surface area is 244 Å². The van der Waals surface area contributed by atoms with Crippen LogP contribution in [0.4, 0.5) is 10.2 Å². The summed E-state index contributed by atoms with van der Waals surface area (Å²) >= 11 is 0. The highest BCUT2D eigenvalue weighted by molar-refractivity contribution is 6.13. The molecule has 1 aliphatic carbocycles. The minimum atomic E-state index is -0.522. The molecular weight excluding hydrogens is 531 g/mol. The van der Waals surface area contributed by atoms with Gasteiger partial charge in [-0.1, -0.05) is 48.5 Å². The van der Waals surface area contributed by atoms with Crippen LogP contribution < -0.4 is 16.6 Å². The topological polar surface area (TPSA) is 110 Å². The van der Waals surface area contributed by atoms with E-state index in [2.05, 4.69) is 5.32 Å². The van der Waals surface area contributed by atoms with Crippen LogP contribution in [0, 0.1) is 18.2 Å². The predicted octanol–water partition coefficient (Wildman–Crippen LogP) is 5.47. The molecule has 0 bridgehead atoms. The van der Waals surface area contributed by atoms with Crippen LogP contribution in [0.5, 0.6) is 0 Å². The van der Waals surface area contributed by atoms with Crippen molar-refractivity contribution in [1.29, 1.82) is 5.41 Å². The number of carbonyl (C=O) groups is 1. The zero-order valence-electron chi connectivity index (χ0n) is 23.6. The molecular formula is C34H35FN4O3. The number of nitrogens with two attached hydrogens (primary N) is 1. The van der Waals surface area contributed by atoms with Crippen LogP contribution in [0.1, 0.15) is 53.5 Å². The van der Waals surface area contributed by atoms with E-state index in [0.717, 1.165) is 42.4 Å². The summed E-state index contributed by atoms with van der Waals surface area (Å²) in [6.07, 6.45) is 4.49. The molecule has 1 heterocycles. The van der Waals surface area contributed by atoms with Crippen LogP contribution >= 0.6 is 0 Å². The molecule has 216 valence electrons. The van der Waals surface area contributed by atoms with Gasteiger partial charge in [0.2, 0.25) is 0 Å². The zero-order valence-corrected chi connectivity index (χ0v) is 23.6. The normalized spacial score (nSPS) is 14.0. The Morgan fingerprint density at radius 2 is 1.69 bits per heavy atom. The lowest BCUT2D eigenvalue weighted by Crippen LogP contribution is -2.40. The zero-order chi connectivity index (χ0) is 29.6. The number of nitrogen functional groups attached to an aromatic ring is 1. The van der Waals surface area contributed by atoms with Crippen molar-refractivity contribution in [3.63, 3.8) is 0 Å². The van der Waals surface area contributed by atoms with Crippen molar-refractivity contribution in [2.45, 2.75) is 57.7 Å². The Morgan fingerprint density at radius 1 is 1.00 bits per heavy atom. The highest BCUT2D eigenvalue weighted by atomic mass is 19.1. The number of nitrogens with one attached hydrogen (secondary N) is 2. The lowest BCUT2D eigenvalue weighted by molar-refractivity contribution is -0.151. The first-order chi connectivity index (χ1) is 20.3. The molecule has 42 heavy (non-hydrogen) atoms. The molecule has 8 heteroatoms. The lowest BCUT2D eigenvalue weighted by Gasteiger charge is -2.21. The number of hydrogen-bond acceptors (Lipinski definition) is 6. The average molecular weight is 567 g/mol. The minimum Gasteiger partial charge on any atom is -0.461 e. The number of esters is 1. The summed E-state index contributed by atoms with van der Waals surface area (Å²) in [6.45, 7) is 2.19. The number of anilines is 1. The SMILES string of the molecule is Cc1ccc(C(=N)c2ccc(=O)n(-c3ccc(CNC(Cc4ccccc4)C(=O)OC4CCCC4)cc3)c2N)c(F)c1. The summed E-state index contributed by atoms with van der Waals surface area (Å²) in [4.78, 5) is 25.9. The Bertz CT molecular complexity index is 1630. The molecule has 1 aromatic heterocycles. The summed E-state index contributed by atoms with van der Waals surface area (Å²) in [5.41, 5.74) is 9.48. The van der Waals surface area contributed by atoms with Gasteiger partial charge in [-0.25, -0.2) is 4.39 Å². The quantitative estimate of drug-likeness (QED) is 0.174. The minimum absolute atomic E-state index is 0.0135. The molecule has 0 spiro atoms. The van der Waals surface area contributed by atoms with Gasteiger partial charge < -0.3 is 15.8 Å². The van der Waals surface area contributed by atoms with Gasteiger partial charge in [-0.15, -0.1) is 0 Å². The number of benzene rings is 3. The van der Waals surface area contributed by atoms with E-state index in [9.17, 15) is 14.0 Å². The molecule has 5 rings (SSSR count). The van der Waals surface area contributed by atoms with Crippen molar-refractivity contribution in [1.82, 2.24) is 9.88 Å². The standard InChI is InChI=1S/C34H35FN4O3/c1-22-11-16-27(29(35)19-22)32(36)28-17-18-31(40)39(33(28)37)25-14-12-24(13-15-25)21-38-30(20-23-7-3-2-4-8-23)34(41)42-26-9-5-6-10-26/h2-4,7-8,11-19,26,30,36,38H,5-6,9-10,20-21,37H2,1H3. The molecule has 1 aliphatic rings. The van der Waals surface area contributed by atoms with Gasteiger partial charge in [0.05, 0.1) is 11.4 Å². The third kappa shape index (κ3) is 6.66. The van der Waals surface area contributed by atoms with Crippen molar-refractivity contribution in [2.24, 2.45) is 0 Å². The molecule has 1 unspecified atom stereocenters. The Morgan fingerprint density at radius 3 is 2.38 bits per heavy atom. The molecule has 1 saturated carbocycles. The number of rotatable bonds is 10. The van der Waals surface area contributed by atoms with E-state index in [1.165, 1.54) is 28.8 Å². The van der Waals surface area contributed by atoms with Gasteiger partial charge in [-0.3, -0.25) is 19.6 Å². The largest absolute Gasteiger partial charge is 0.461 e. The van der Waals surface area contributed by atoms with Crippen LogP contribution in [0.2, 0.25) is 0 Å². The second-order valence-electron chi connectivity index (χ2n) is 10.8. The summed E-state index contributed by atoms with van der Waals surface area (Å²) < 4.78 is 21.7. The van der Waals surface area contributed by atoms with Crippen LogP contribution in [0.25, 0.3) is 5.69 Å². The van der Waals surface area contributed by atoms with Gasteiger partial charge in [-0.2, -0.15) is 0 Å². The third-order valence-electron chi connectivity index (χ3n) is 7.69. The van der Waals surface area contributed by atoms with Gasteiger partial charge in [0.25, 0.3) is 5.56 Å². The van der Waals surface area contributed by atoms with Gasteiger partial charge >= 0.3 is 5.97 Å². The molecule has 1 fully saturated rings. The smallest absolute Gasteiger partial charge is 0.323 e. The average Bonchev–Trinajstić information content (AvgIpc) is 3.49. The molecule has 0 radical (unpaired) electrons. The molecule has 0 saturated heterocycles.